The van der Waals surface area contributed by atoms with E-state index in [0.717, 1.165) is 25.6 Å². The van der Waals surface area contributed by atoms with Crippen LogP contribution in [-0.2, 0) is 6.54 Å². The Morgan fingerprint density at radius 2 is 2.10 bits per heavy atom. The van der Waals surface area contributed by atoms with Crippen LogP contribution in [0.15, 0.2) is 28.7 Å². The second-order valence-electron chi connectivity index (χ2n) is 6.32. The van der Waals surface area contributed by atoms with Gasteiger partial charge in [0.1, 0.15) is 0 Å². The molecule has 0 bridgehead atoms. The Hall–Kier alpha value is -0.380. The summed E-state index contributed by atoms with van der Waals surface area (Å²) in [5.74, 6) is 0.752. The summed E-state index contributed by atoms with van der Waals surface area (Å²) in [5, 5.41) is 3.70. The molecule has 1 N–H and O–H groups in total. The van der Waals surface area contributed by atoms with E-state index in [1.807, 2.05) is 0 Å². The summed E-state index contributed by atoms with van der Waals surface area (Å²) in [6.45, 7) is 10.3. The maximum Gasteiger partial charge on any atom is 0.0249 e. The first kappa shape index (κ1) is 16.0. The number of piperazine rings is 1. The van der Waals surface area contributed by atoms with E-state index in [-0.39, 0.29) is 0 Å². The van der Waals surface area contributed by atoms with Crippen molar-refractivity contribution in [2.24, 2.45) is 5.92 Å². The van der Waals surface area contributed by atoms with Crippen molar-refractivity contribution in [3.05, 3.63) is 34.3 Å². The average molecular weight is 339 g/mol. The van der Waals surface area contributed by atoms with Crippen LogP contribution in [-0.4, -0.2) is 30.1 Å². The van der Waals surface area contributed by atoms with Crippen LogP contribution in [0.25, 0.3) is 0 Å². The summed E-state index contributed by atoms with van der Waals surface area (Å²) in [6, 6.07) is 9.90. The number of halogens is 1. The Labute approximate surface area is 132 Å². The van der Waals surface area contributed by atoms with E-state index in [1.54, 1.807) is 0 Å². The van der Waals surface area contributed by atoms with Gasteiger partial charge in [0.05, 0.1) is 0 Å². The maximum absolute atomic E-state index is 3.70. The standard InChI is InChI=1S/C17H27BrN2/c1-4-15-12-20(16(10-19-15)9-13(2)3)11-14-7-5-6-8-17(14)18/h5-8,13,15-16,19H,4,9-12H2,1-3H3. The molecule has 0 amide bonds. The van der Waals surface area contributed by atoms with Crippen molar-refractivity contribution in [2.75, 3.05) is 13.1 Å². The molecule has 112 valence electrons. The molecule has 1 saturated heterocycles. The molecule has 0 radical (unpaired) electrons. The zero-order chi connectivity index (χ0) is 14.5. The van der Waals surface area contributed by atoms with Crippen molar-refractivity contribution in [1.82, 2.24) is 10.2 Å². The fourth-order valence-corrected chi connectivity index (χ4v) is 3.43. The Kier molecular flexibility index (Phi) is 6.06. The molecule has 0 aliphatic carbocycles. The van der Waals surface area contributed by atoms with E-state index >= 15 is 0 Å². The van der Waals surface area contributed by atoms with Gasteiger partial charge in [-0.05, 0) is 30.4 Å². The lowest BCUT2D eigenvalue weighted by molar-refractivity contribution is 0.105. The molecule has 0 saturated carbocycles. The average Bonchev–Trinajstić information content (AvgIpc) is 2.42. The van der Waals surface area contributed by atoms with E-state index in [2.05, 4.69) is 71.2 Å². The number of rotatable bonds is 5. The summed E-state index contributed by atoms with van der Waals surface area (Å²) in [5.41, 5.74) is 1.40. The maximum atomic E-state index is 3.70. The molecule has 0 spiro atoms. The molecule has 2 unspecified atom stereocenters. The molecule has 0 aromatic heterocycles. The van der Waals surface area contributed by atoms with Gasteiger partial charge in [0.25, 0.3) is 0 Å². The fraction of sp³-hybridized carbons (Fsp3) is 0.647. The van der Waals surface area contributed by atoms with Gasteiger partial charge in [-0.2, -0.15) is 0 Å². The molecule has 2 atom stereocenters. The van der Waals surface area contributed by atoms with E-state index in [1.165, 1.54) is 22.9 Å². The second-order valence-corrected chi connectivity index (χ2v) is 7.17. The fourth-order valence-electron chi connectivity index (χ4n) is 3.02. The van der Waals surface area contributed by atoms with Gasteiger partial charge in [-0.1, -0.05) is 54.9 Å². The minimum atomic E-state index is 0.640. The minimum Gasteiger partial charge on any atom is -0.311 e. The zero-order valence-corrected chi connectivity index (χ0v) is 14.5. The quantitative estimate of drug-likeness (QED) is 0.871. The molecule has 2 rings (SSSR count). The van der Waals surface area contributed by atoms with Gasteiger partial charge in [-0.25, -0.2) is 0 Å². The van der Waals surface area contributed by atoms with Crippen molar-refractivity contribution in [2.45, 2.75) is 52.2 Å². The first-order chi connectivity index (χ1) is 9.60. The molecule has 1 aliphatic heterocycles. The molecular formula is C17H27BrN2. The van der Waals surface area contributed by atoms with E-state index in [9.17, 15) is 0 Å². The Bertz CT molecular complexity index is 419. The Morgan fingerprint density at radius 1 is 1.35 bits per heavy atom. The summed E-state index contributed by atoms with van der Waals surface area (Å²) in [4.78, 5) is 2.67. The highest BCUT2D eigenvalue weighted by atomic mass is 79.9. The summed E-state index contributed by atoms with van der Waals surface area (Å²) >= 11 is 3.68. The molecular weight excluding hydrogens is 312 g/mol. The van der Waals surface area contributed by atoms with Crippen molar-refractivity contribution in [3.8, 4) is 0 Å². The lowest BCUT2D eigenvalue weighted by atomic mass is 9.97. The summed E-state index contributed by atoms with van der Waals surface area (Å²) < 4.78 is 1.23. The molecule has 1 aliphatic rings. The van der Waals surface area contributed by atoms with Crippen LogP contribution >= 0.6 is 15.9 Å². The van der Waals surface area contributed by atoms with Gasteiger partial charge in [0.2, 0.25) is 0 Å². The third-order valence-corrected chi connectivity index (χ3v) is 4.95. The third-order valence-electron chi connectivity index (χ3n) is 4.18. The van der Waals surface area contributed by atoms with Gasteiger partial charge in [-0.15, -0.1) is 0 Å². The lowest BCUT2D eigenvalue weighted by Crippen LogP contribution is -2.56. The van der Waals surface area contributed by atoms with Crippen molar-refractivity contribution in [3.63, 3.8) is 0 Å². The summed E-state index contributed by atoms with van der Waals surface area (Å²) in [6.07, 6.45) is 2.48. The van der Waals surface area contributed by atoms with E-state index in [4.69, 9.17) is 0 Å². The zero-order valence-electron chi connectivity index (χ0n) is 12.9. The lowest BCUT2D eigenvalue weighted by Gasteiger charge is -2.41. The normalized spacial score (nSPS) is 24.2. The smallest absolute Gasteiger partial charge is 0.0249 e. The Balaban J connectivity index is 2.08. The van der Waals surface area contributed by atoms with Gasteiger partial charge in [-0.3, -0.25) is 4.90 Å². The van der Waals surface area contributed by atoms with Gasteiger partial charge >= 0.3 is 0 Å². The highest BCUT2D eigenvalue weighted by molar-refractivity contribution is 9.10. The van der Waals surface area contributed by atoms with E-state index in [0.29, 0.717) is 12.1 Å². The number of nitrogens with zero attached hydrogens (tertiary/aromatic N) is 1. The molecule has 20 heavy (non-hydrogen) atoms. The van der Waals surface area contributed by atoms with Crippen LogP contribution in [0.1, 0.15) is 39.2 Å². The van der Waals surface area contributed by atoms with Crippen LogP contribution in [0.5, 0.6) is 0 Å². The predicted octanol–water partition coefficient (Wildman–Crippen LogP) is 4.05. The highest BCUT2D eigenvalue weighted by Crippen LogP contribution is 2.23. The second kappa shape index (κ2) is 7.58. The molecule has 1 aromatic rings. The minimum absolute atomic E-state index is 0.640. The van der Waals surface area contributed by atoms with E-state index < -0.39 is 0 Å². The SMILES string of the molecule is CCC1CN(Cc2ccccc2Br)C(CC(C)C)CN1. The van der Waals surface area contributed by atoms with Gasteiger partial charge in [0, 0.05) is 36.2 Å². The molecule has 2 nitrogen and oxygen atoms in total. The monoisotopic (exact) mass is 338 g/mol. The molecule has 1 fully saturated rings. The number of hydrogen-bond acceptors (Lipinski definition) is 2. The van der Waals surface area contributed by atoms with Crippen LogP contribution in [0.2, 0.25) is 0 Å². The van der Waals surface area contributed by atoms with Crippen LogP contribution in [0.4, 0.5) is 0 Å². The van der Waals surface area contributed by atoms with Crippen LogP contribution in [0.3, 0.4) is 0 Å². The largest absolute Gasteiger partial charge is 0.311 e. The van der Waals surface area contributed by atoms with Crippen molar-refractivity contribution in [1.29, 1.82) is 0 Å². The Morgan fingerprint density at radius 3 is 2.75 bits per heavy atom. The van der Waals surface area contributed by atoms with Gasteiger partial charge < -0.3 is 5.32 Å². The first-order valence-electron chi connectivity index (χ1n) is 7.81. The number of benzene rings is 1. The third kappa shape index (κ3) is 4.31. The predicted molar refractivity (Wildman–Crippen MR) is 89.9 cm³/mol. The first-order valence-corrected chi connectivity index (χ1v) is 8.60. The van der Waals surface area contributed by atoms with Gasteiger partial charge in [0.15, 0.2) is 0 Å². The molecule has 1 heterocycles. The number of nitrogens with one attached hydrogen (secondary N) is 1. The topological polar surface area (TPSA) is 15.3 Å². The molecule has 1 aromatic carbocycles. The number of hydrogen-bond donors (Lipinski definition) is 1. The summed E-state index contributed by atoms with van der Waals surface area (Å²) in [7, 11) is 0. The van der Waals surface area contributed by atoms with Crippen LogP contribution < -0.4 is 5.32 Å². The highest BCUT2D eigenvalue weighted by Gasteiger charge is 2.27. The van der Waals surface area contributed by atoms with Crippen molar-refractivity contribution < 1.29 is 0 Å². The van der Waals surface area contributed by atoms with Crippen LogP contribution in [0, 0.1) is 5.92 Å². The van der Waals surface area contributed by atoms with Crippen molar-refractivity contribution >= 4 is 15.9 Å². The molecule has 3 heteroatoms.